The quantitative estimate of drug-likeness (QED) is 0.456. The average Bonchev–Trinajstić information content (AvgIpc) is 3.14. The van der Waals surface area contributed by atoms with Crippen molar-refractivity contribution < 1.29 is 9.21 Å². The number of nitrogens with one attached hydrogen (secondary N) is 2. The lowest BCUT2D eigenvalue weighted by atomic mass is 10.2. The van der Waals surface area contributed by atoms with Crippen LogP contribution in [0.25, 0.3) is 11.5 Å². The van der Waals surface area contributed by atoms with Crippen molar-refractivity contribution in [3.05, 3.63) is 62.6 Å². The van der Waals surface area contributed by atoms with Crippen LogP contribution in [0.5, 0.6) is 0 Å². The van der Waals surface area contributed by atoms with Crippen LogP contribution in [0.4, 0.5) is 5.69 Å². The highest BCUT2D eigenvalue weighted by Crippen LogP contribution is 2.26. The second kappa shape index (κ2) is 8.52. The molecule has 10 heteroatoms. The van der Waals surface area contributed by atoms with Crippen LogP contribution in [0.2, 0.25) is 10.0 Å². The van der Waals surface area contributed by atoms with E-state index in [1.54, 1.807) is 37.3 Å². The third-order valence-corrected chi connectivity index (χ3v) is 4.97. The molecule has 28 heavy (non-hydrogen) atoms. The fraction of sp³-hybridized carbons (Fsp3) is 0.111. The molecule has 1 aromatic carbocycles. The summed E-state index contributed by atoms with van der Waals surface area (Å²) in [5, 5.41) is 12.3. The molecule has 3 aromatic rings. The number of benzene rings is 1. The number of furan rings is 1. The summed E-state index contributed by atoms with van der Waals surface area (Å²) in [7, 11) is 0. The van der Waals surface area contributed by atoms with Gasteiger partial charge in [0.1, 0.15) is 17.3 Å². The molecule has 0 aliphatic carbocycles. The smallest absolute Gasteiger partial charge is 0.270 e. The van der Waals surface area contributed by atoms with Gasteiger partial charge in [0.25, 0.3) is 5.56 Å². The molecule has 142 valence electrons. The molecule has 2 heterocycles. The first-order valence-corrected chi connectivity index (χ1v) is 9.53. The molecule has 0 bridgehead atoms. The van der Waals surface area contributed by atoms with Gasteiger partial charge in [-0.05, 0) is 37.3 Å². The number of carbonyl (C=O) groups excluding carboxylic acids is 1. The van der Waals surface area contributed by atoms with E-state index in [0.717, 1.165) is 11.8 Å². The predicted molar refractivity (Wildman–Crippen MR) is 108 cm³/mol. The molecule has 0 spiro atoms. The van der Waals surface area contributed by atoms with Crippen LogP contribution in [-0.2, 0) is 4.79 Å². The van der Waals surface area contributed by atoms with Gasteiger partial charge in [-0.15, -0.1) is 0 Å². The van der Waals surface area contributed by atoms with Crippen molar-refractivity contribution in [2.24, 2.45) is 0 Å². The Kier molecular flexibility index (Phi) is 6.09. The fourth-order valence-corrected chi connectivity index (χ4v) is 3.62. The van der Waals surface area contributed by atoms with Crippen LogP contribution in [0.3, 0.4) is 0 Å². The zero-order chi connectivity index (χ0) is 20.3. The van der Waals surface area contributed by atoms with E-state index in [-0.39, 0.29) is 28.1 Å². The van der Waals surface area contributed by atoms with Crippen molar-refractivity contribution in [2.45, 2.75) is 17.3 Å². The molecule has 3 rings (SSSR count). The van der Waals surface area contributed by atoms with Crippen molar-refractivity contribution in [2.75, 3.05) is 5.32 Å². The second-order valence-electron chi connectivity index (χ2n) is 5.59. The van der Waals surface area contributed by atoms with Crippen LogP contribution < -0.4 is 10.9 Å². The van der Waals surface area contributed by atoms with E-state index >= 15 is 0 Å². The Labute approximate surface area is 173 Å². The number of aromatic amines is 1. The van der Waals surface area contributed by atoms with Gasteiger partial charge in [-0.3, -0.25) is 9.59 Å². The molecule has 0 aliphatic rings. The number of rotatable bonds is 5. The number of anilines is 1. The highest BCUT2D eigenvalue weighted by molar-refractivity contribution is 8.00. The first kappa shape index (κ1) is 20.0. The van der Waals surface area contributed by atoms with Gasteiger partial charge in [-0.1, -0.05) is 35.0 Å². The number of amides is 1. The monoisotopic (exact) mass is 434 g/mol. The van der Waals surface area contributed by atoms with E-state index in [2.05, 4.69) is 15.3 Å². The molecule has 0 fully saturated rings. The zero-order valence-corrected chi connectivity index (χ0v) is 16.7. The SMILES string of the molecule is C[C@H](Sc1nc(-c2ccco2)c(C#N)c(=O)[nH]1)C(=O)Nc1cc(Cl)cc(Cl)c1. The standard InChI is InChI=1S/C18H12Cl2N4O3S/c1-9(16(25)22-12-6-10(19)5-11(20)7-12)28-18-23-15(14-3-2-4-27-14)13(8-21)17(26)24-18/h2-7,9H,1H3,(H,22,25)(H,23,24,26)/t9-/m0/s1. The van der Waals surface area contributed by atoms with Gasteiger partial charge in [0, 0.05) is 15.7 Å². The van der Waals surface area contributed by atoms with Crippen molar-refractivity contribution in [3.8, 4) is 17.5 Å². The lowest BCUT2D eigenvalue weighted by Crippen LogP contribution is -2.23. The highest BCUT2D eigenvalue weighted by atomic mass is 35.5. The molecule has 0 radical (unpaired) electrons. The number of hydrogen-bond acceptors (Lipinski definition) is 6. The highest BCUT2D eigenvalue weighted by Gasteiger charge is 2.20. The maximum absolute atomic E-state index is 12.5. The maximum Gasteiger partial charge on any atom is 0.270 e. The van der Waals surface area contributed by atoms with Crippen molar-refractivity contribution in [3.63, 3.8) is 0 Å². The molecule has 0 saturated heterocycles. The summed E-state index contributed by atoms with van der Waals surface area (Å²) in [6, 6.07) is 9.73. The molecule has 0 aliphatic heterocycles. The summed E-state index contributed by atoms with van der Waals surface area (Å²) in [6.45, 7) is 1.65. The molecule has 1 amide bonds. The van der Waals surface area contributed by atoms with E-state index in [4.69, 9.17) is 27.6 Å². The number of nitrogens with zero attached hydrogens (tertiary/aromatic N) is 2. The van der Waals surface area contributed by atoms with Gasteiger partial charge in [0.15, 0.2) is 10.9 Å². The zero-order valence-electron chi connectivity index (χ0n) is 14.3. The topological polar surface area (TPSA) is 112 Å². The van der Waals surface area contributed by atoms with Crippen LogP contribution in [0, 0.1) is 11.3 Å². The lowest BCUT2D eigenvalue weighted by molar-refractivity contribution is -0.115. The van der Waals surface area contributed by atoms with Crippen LogP contribution in [0.15, 0.2) is 51.0 Å². The van der Waals surface area contributed by atoms with E-state index in [0.29, 0.717) is 15.7 Å². The van der Waals surface area contributed by atoms with Gasteiger partial charge in [-0.2, -0.15) is 5.26 Å². The number of carbonyl (C=O) groups is 1. The van der Waals surface area contributed by atoms with Gasteiger partial charge < -0.3 is 14.7 Å². The number of halogens is 2. The predicted octanol–water partition coefficient (Wildman–Crippen LogP) is 4.33. The van der Waals surface area contributed by atoms with Crippen LogP contribution in [0.1, 0.15) is 12.5 Å². The molecule has 0 saturated carbocycles. The molecular formula is C18H12Cl2N4O3S. The Morgan fingerprint density at radius 3 is 2.68 bits per heavy atom. The fourth-order valence-electron chi connectivity index (χ4n) is 2.29. The summed E-state index contributed by atoms with van der Waals surface area (Å²) in [6.07, 6.45) is 1.42. The average molecular weight is 435 g/mol. The van der Waals surface area contributed by atoms with E-state index in [9.17, 15) is 14.9 Å². The maximum atomic E-state index is 12.5. The molecule has 7 nitrogen and oxygen atoms in total. The first-order chi connectivity index (χ1) is 13.4. The summed E-state index contributed by atoms with van der Waals surface area (Å²) >= 11 is 12.9. The molecule has 0 unspecified atom stereocenters. The third-order valence-electron chi connectivity index (χ3n) is 3.55. The number of thioether (sulfide) groups is 1. The van der Waals surface area contributed by atoms with Gasteiger partial charge in [-0.25, -0.2) is 4.98 Å². The summed E-state index contributed by atoms with van der Waals surface area (Å²) < 4.78 is 5.25. The Morgan fingerprint density at radius 2 is 2.07 bits per heavy atom. The summed E-state index contributed by atoms with van der Waals surface area (Å²) in [4.78, 5) is 31.4. The van der Waals surface area contributed by atoms with Gasteiger partial charge >= 0.3 is 0 Å². The Morgan fingerprint density at radius 1 is 1.36 bits per heavy atom. The van der Waals surface area contributed by atoms with Crippen molar-refractivity contribution >= 4 is 46.6 Å². The Balaban J connectivity index is 1.82. The van der Waals surface area contributed by atoms with E-state index in [1.165, 1.54) is 6.26 Å². The largest absolute Gasteiger partial charge is 0.463 e. The van der Waals surface area contributed by atoms with E-state index in [1.807, 2.05) is 6.07 Å². The Hall–Kier alpha value is -2.73. The molecule has 1 atom stereocenters. The van der Waals surface area contributed by atoms with Gasteiger partial charge in [0.2, 0.25) is 5.91 Å². The summed E-state index contributed by atoms with van der Waals surface area (Å²) in [5.41, 5.74) is -0.203. The minimum Gasteiger partial charge on any atom is -0.463 e. The minimum atomic E-state index is -0.613. The van der Waals surface area contributed by atoms with Crippen LogP contribution >= 0.6 is 35.0 Å². The molecule has 2 aromatic heterocycles. The number of nitriles is 1. The number of H-pyrrole nitrogens is 1. The third kappa shape index (κ3) is 4.57. The molecular weight excluding hydrogens is 423 g/mol. The van der Waals surface area contributed by atoms with Crippen molar-refractivity contribution in [1.29, 1.82) is 5.26 Å². The Bertz CT molecular complexity index is 1100. The van der Waals surface area contributed by atoms with E-state index < -0.39 is 10.8 Å². The van der Waals surface area contributed by atoms with Gasteiger partial charge in [0.05, 0.1) is 11.5 Å². The lowest BCUT2D eigenvalue weighted by Gasteiger charge is -2.12. The normalized spacial score (nSPS) is 11.6. The van der Waals surface area contributed by atoms with Crippen molar-refractivity contribution in [1.82, 2.24) is 9.97 Å². The minimum absolute atomic E-state index is 0.119. The number of hydrogen-bond donors (Lipinski definition) is 2. The second-order valence-corrected chi connectivity index (χ2v) is 7.79. The molecule has 2 N–H and O–H groups in total. The summed E-state index contributed by atoms with van der Waals surface area (Å²) in [5.74, 6) is -0.0509. The first-order valence-electron chi connectivity index (χ1n) is 7.89. The van der Waals surface area contributed by atoms with Crippen LogP contribution in [-0.4, -0.2) is 21.1 Å². The number of aromatic nitrogens is 2.